The fourth-order valence-electron chi connectivity index (χ4n) is 3.07. The monoisotopic (exact) mass is 437 g/mol. The molecule has 3 rings (SSSR count). The van der Waals surface area contributed by atoms with Crippen LogP contribution in [0.3, 0.4) is 0 Å². The second-order valence-electron chi connectivity index (χ2n) is 6.49. The lowest BCUT2D eigenvalue weighted by Gasteiger charge is -2.34. The number of piperazine rings is 1. The van der Waals surface area contributed by atoms with Gasteiger partial charge in [0.05, 0.1) is 5.69 Å². The molecule has 7 heteroatoms. The zero-order valence-electron chi connectivity index (χ0n) is 15.2. The lowest BCUT2D eigenvalue weighted by molar-refractivity contribution is -0.132. The first-order valence-corrected chi connectivity index (χ1v) is 10.6. The molecular formula is C19H24BrN3O2S. The minimum absolute atomic E-state index is 0.251. The average molecular weight is 438 g/mol. The van der Waals surface area contributed by atoms with Gasteiger partial charge in [-0.2, -0.15) is 0 Å². The van der Waals surface area contributed by atoms with Gasteiger partial charge in [-0.15, -0.1) is 11.8 Å². The van der Waals surface area contributed by atoms with E-state index < -0.39 is 0 Å². The first kappa shape index (κ1) is 19.5. The number of rotatable bonds is 6. The van der Waals surface area contributed by atoms with Crippen LogP contribution in [0.4, 0.5) is 0 Å². The molecule has 1 aliphatic rings. The van der Waals surface area contributed by atoms with Crippen LogP contribution in [0.2, 0.25) is 0 Å². The molecule has 0 radical (unpaired) electrons. The highest BCUT2D eigenvalue weighted by molar-refractivity contribution is 9.10. The van der Waals surface area contributed by atoms with E-state index in [-0.39, 0.29) is 5.91 Å². The van der Waals surface area contributed by atoms with Gasteiger partial charge < -0.3 is 9.42 Å². The minimum atomic E-state index is 0.251. The van der Waals surface area contributed by atoms with Crippen molar-refractivity contribution in [1.82, 2.24) is 15.0 Å². The molecule has 5 nitrogen and oxygen atoms in total. The topological polar surface area (TPSA) is 49.6 Å². The Labute approximate surface area is 167 Å². The molecule has 1 aromatic heterocycles. The summed E-state index contributed by atoms with van der Waals surface area (Å²) < 4.78 is 6.33. The lowest BCUT2D eigenvalue weighted by Crippen LogP contribution is -2.48. The third-order valence-electron chi connectivity index (χ3n) is 4.70. The SMILES string of the molecule is Cc1noc(C)c1CN1CCN(C(=O)CCSc2ccccc2Br)CC1. The Morgan fingerprint density at radius 3 is 2.62 bits per heavy atom. The fourth-order valence-corrected chi connectivity index (χ4v) is 4.58. The normalized spacial score (nSPS) is 15.4. The maximum absolute atomic E-state index is 12.5. The largest absolute Gasteiger partial charge is 0.361 e. The number of carbonyl (C=O) groups excluding carboxylic acids is 1. The van der Waals surface area contributed by atoms with Gasteiger partial charge in [0.15, 0.2) is 0 Å². The van der Waals surface area contributed by atoms with Gasteiger partial charge in [0, 0.05) is 59.8 Å². The molecule has 2 aromatic rings. The van der Waals surface area contributed by atoms with Gasteiger partial charge in [-0.3, -0.25) is 9.69 Å². The summed E-state index contributed by atoms with van der Waals surface area (Å²) in [4.78, 5) is 18.0. The number of aromatic nitrogens is 1. The molecule has 0 unspecified atom stereocenters. The van der Waals surface area contributed by atoms with Crippen LogP contribution in [0.25, 0.3) is 0 Å². The molecule has 0 N–H and O–H groups in total. The lowest BCUT2D eigenvalue weighted by atomic mass is 10.1. The number of nitrogens with zero attached hydrogens (tertiary/aromatic N) is 3. The van der Waals surface area contributed by atoms with Crippen molar-refractivity contribution in [3.8, 4) is 0 Å². The third-order valence-corrected chi connectivity index (χ3v) is 6.73. The van der Waals surface area contributed by atoms with Crippen molar-refractivity contribution in [3.05, 3.63) is 45.8 Å². The first-order valence-electron chi connectivity index (χ1n) is 8.84. The van der Waals surface area contributed by atoms with Crippen molar-refractivity contribution in [2.75, 3.05) is 31.9 Å². The van der Waals surface area contributed by atoms with E-state index in [1.807, 2.05) is 36.9 Å². The van der Waals surface area contributed by atoms with Gasteiger partial charge in [-0.25, -0.2) is 0 Å². The zero-order chi connectivity index (χ0) is 18.5. The maximum atomic E-state index is 12.5. The Morgan fingerprint density at radius 1 is 1.23 bits per heavy atom. The van der Waals surface area contributed by atoms with E-state index in [9.17, 15) is 4.79 Å². The number of thioether (sulfide) groups is 1. The van der Waals surface area contributed by atoms with Crippen molar-refractivity contribution >= 4 is 33.6 Å². The number of benzene rings is 1. The van der Waals surface area contributed by atoms with Crippen LogP contribution in [-0.4, -0.2) is 52.8 Å². The van der Waals surface area contributed by atoms with E-state index in [0.717, 1.165) is 54.4 Å². The van der Waals surface area contributed by atoms with Crippen LogP contribution in [0.15, 0.2) is 38.2 Å². The van der Waals surface area contributed by atoms with Crippen LogP contribution >= 0.6 is 27.7 Å². The van der Waals surface area contributed by atoms with Crippen molar-refractivity contribution in [2.24, 2.45) is 0 Å². The highest BCUT2D eigenvalue weighted by atomic mass is 79.9. The third kappa shape index (κ3) is 4.90. The van der Waals surface area contributed by atoms with Gasteiger partial charge >= 0.3 is 0 Å². The van der Waals surface area contributed by atoms with Crippen LogP contribution in [0.5, 0.6) is 0 Å². The molecular weight excluding hydrogens is 414 g/mol. The van der Waals surface area contributed by atoms with E-state index in [4.69, 9.17) is 4.52 Å². The summed E-state index contributed by atoms with van der Waals surface area (Å²) in [6.45, 7) is 8.16. The molecule has 2 heterocycles. The molecule has 0 spiro atoms. The van der Waals surface area contributed by atoms with Gasteiger partial charge in [-0.05, 0) is 41.9 Å². The van der Waals surface area contributed by atoms with Crippen LogP contribution in [0.1, 0.15) is 23.4 Å². The fraction of sp³-hybridized carbons (Fsp3) is 0.474. The van der Waals surface area contributed by atoms with Gasteiger partial charge in [0.2, 0.25) is 5.91 Å². The number of hydrogen-bond acceptors (Lipinski definition) is 5. The molecule has 0 aliphatic carbocycles. The smallest absolute Gasteiger partial charge is 0.223 e. The molecule has 1 aromatic carbocycles. The van der Waals surface area contributed by atoms with E-state index >= 15 is 0 Å². The zero-order valence-corrected chi connectivity index (χ0v) is 17.6. The number of carbonyl (C=O) groups is 1. The first-order chi connectivity index (χ1) is 12.5. The summed E-state index contributed by atoms with van der Waals surface area (Å²) in [5, 5.41) is 4.02. The predicted octanol–water partition coefficient (Wildman–Crippen LogP) is 3.88. The summed E-state index contributed by atoms with van der Waals surface area (Å²) in [5.74, 6) is 1.95. The van der Waals surface area contributed by atoms with Gasteiger partial charge in [0.1, 0.15) is 5.76 Å². The van der Waals surface area contributed by atoms with E-state index in [0.29, 0.717) is 6.42 Å². The molecule has 140 valence electrons. The van der Waals surface area contributed by atoms with Crippen molar-refractivity contribution in [2.45, 2.75) is 31.7 Å². The summed E-state index contributed by atoms with van der Waals surface area (Å²) in [6, 6.07) is 8.13. The number of hydrogen-bond donors (Lipinski definition) is 0. The average Bonchev–Trinajstić information content (AvgIpc) is 2.96. The predicted molar refractivity (Wildman–Crippen MR) is 107 cm³/mol. The second-order valence-corrected chi connectivity index (χ2v) is 8.48. The molecule has 1 amide bonds. The minimum Gasteiger partial charge on any atom is -0.361 e. The molecule has 1 saturated heterocycles. The Balaban J connectivity index is 1.41. The summed E-state index contributed by atoms with van der Waals surface area (Å²) >= 11 is 5.27. The molecule has 26 heavy (non-hydrogen) atoms. The van der Waals surface area contributed by atoms with Crippen molar-refractivity contribution < 1.29 is 9.32 Å². The molecule has 0 saturated carbocycles. The highest BCUT2D eigenvalue weighted by Gasteiger charge is 2.22. The quantitative estimate of drug-likeness (QED) is 0.641. The van der Waals surface area contributed by atoms with Crippen LogP contribution < -0.4 is 0 Å². The number of halogens is 1. The number of amides is 1. The van der Waals surface area contributed by atoms with Gasteiger partial charge in [0.25, 0.3) is 0 Å². The van der Waals surface area contributed by atoms with Gasteiger partial charge in [-0.1, -0.05) is 17.3 Å². The van der Waals surface area contributed by atoms with Crippen molar-refractivity contribution in [3.63, 3.8) is 0 Å². The highest BCUT2D eigenvalue weighted by Crippen LogP contribution is 2.27. The van der Waals surface area contributed by atoms with E-state index in [1.54, 1.807) is 11.8 Å². The van der Waals surface area contributed by atoms with Crippen LogP contribution in [0, 0.1) is 13.8 Å². The molecule has 1 fully saturated rings. The summed E-state index contributed by atoms with van der Waals surface area (Å²) in [7, 11) is 0. The molecule has 0 atom stereocenters. The van der Waals surface area contributed by atoms with E-state index in [2.05, 4.69) is 32.1 Å². The summed E-state index contributed by atoms with van der Waals surface area (Å²) in [5.41, 5.74) is 2.14. The number of aryl methyl sites for hydroxylation is 2. The Morgan fingerprint density at radius 2 is 1.96 bits per heavy atom. The maximum Gasteiger partial charge on any atom is 0.223 e. The molecule has 0 bridgehead atoms. The Bertz CT molecular complexity index is 737. The van der Waals surface area contributed by atoms with E-state index in [1.165, 1.54) is 10.5 Å². The summed E-state index contributed by atoms with van der Waals surface area (Å²) in [6.07, 6.45) is 0.579. The van der Waals surface area contributed by atoms with Crippen LogP contribution in [-0.2, 0) is 11.3 Å². The standard InChI is InChI=1S/C19H24BrN3O2S/c1-14-16(15(2)25-21-14)13-22-8-10-23(11-9-22)19(24)7-12-26-18-6-4-3-5-17(18)20/h3-6H,7-13H2,1-2H3. The van der Waals surface area contributed by atoms with Crippen molar-refractivity contribution in [1.29, 1.82) is 0 Å². The Hall–Kier alpha value is -1.31. The Kier molecular flexibility index (Phi) is 6.78. The molecule has 1 aliphatic heterocycles. The second kappa shape index (κ2) is 9.06.